The Hall–Kier alpha value is -1.98. The Labute approximate surface area is 143 Å². The van der Waals surface area contributed by atoms with Crippen molar-refractivity contribution in [1.29, 1.82) is 0 Å². The first-order valence-corrected chi connectivity index (χ1v) is 9.36. The van der Waals surface area contributed by atoms with Gasteiger partial charge in [-0.1, -0.05) is 48.0 Å². The van der Waals surface area contributed by atoms with Crippen molar-refractivity contribution in [3.05, 3.63) is 64.7 Å². The molecular formula is C19H21NO3S. The zero-order valence-corrected chi connectivity index (χ0v) is 15.1. The van der Waals surface area contributed by atoms with E-state index in [2.05, 4.69) is 0 Å². The SMILES string of the molecule is CC(=O)[C@@H]1[C@@H](c2ccccc2)N1S(=O)(=O)c1c(C)cc(C)cc1C. The number of hydrogen-bond acceptors (Lipinski definition) is 3. The molecule has 24 heavy (non-hydrogen) atoms. The molecule has 0 spiro atoms. The molecule has 0 saturated carbocycles. The van der Waals surface area contributed by atoms with Crippen LogP contribution in [-0.2, 0) is 14.8 Å². The molecular weight excluding hydrogens is 322 g/mol. The van der Waals surface area contributed by atoms with Gasteiger partial charge in [0, 0.05) is 0 Å². The van der Waals surface area contributed by atoms with Gasteiger partial charge in [-0.25, -0.2) is 8.42 Å². The molecule has 0 bridgehead atoms. The van der Waals surface area contributed by atoms with Crippen molar-refractivity contribution in [1.82, 2.24) is 4.31 Å². The summed E-state index contributed by atoms with van der Waals surface area (Å²) in [5.41, 5.74) is 3.31. The van der Waals surface area contributed by atoms with E-state index in [1.54, 1.807) is 13.8 Å². The molecule has 3 atom stereocenters. The van der Waals surface area contributed by atoms with Crippen molar-refractivity contribution >= 4 is 15.8 Å². The molecule has 3 rings (SSSR count). The number of ketones is 1. The number of sulfonamides is 1. The lowest BCUT2D eigenvalue weighted by atomic mass is 10.1. The van der Waals surface area contributed by atoms with Crippen LogP contribution in [0, 0.1) is 20.8 Å². The minimum absolute atomic E-state index is 0.130. The lowest BCUT2D eigenvalue weighted by molar-refractivity contribution is -0.117. The second-order valence-corrected chi connectivity index (χ2v) is 8.25. The minimum atomic E-state index is -3.72. The Kier molecular flexibility index (Phi) is 4.10. The summed E-state index contributed by atoms with van der Waals surface area (Å²) in [5.74, 6) is -0.130. The molecule has 1 heterocycles. The predicted molar refractivity (Wildman–Crippen MR) is 93.3 cm³/mol. The van der Waals surface area contributed by atoms with E-state index in [1.165, 1.54) is 11.2 Å². The molecule has 4 nitrogen and oxygen atoms in total. The average Bonchev–Trinajstić information content (AvgIpc) is 3.23. The number of nitrogens with zero attached hydrogens (tertiary/aromatic N) is 1. The molecule has 0 aliphatic carbocycles. The van der Waals surface area contributed by atoms with Crippen LogP contribution in [0.15, 0.2) is 47.4 Å². The molecule has 1 saturated heterocycles. The molecule has 1 fully saturated rings. The molecule has 0 amide bonds. The topological polar surface area (TPSA) is 54.2 Å². The van der Waals surface area contributed by atoms with Gasteiger partial charge in [0.05, 0.1) is 10.9 Å². The third-order valence-electron chi connectivity index (χ3n) is 4.46. The smallest absolute Gasteiger partial charge is 0.244 e. The summed E-state index contributed by atoms with van der Waals surface area (Å²) >= 11 is 0. The number of hydrogen-bond donors (Lipinski definition) is 0. The van der Waals surface area contributed by atoms with Gasteiger partial charge in [-0.2, -0.15) is 4.31 Å². The van der Waals surface area contributed by atoms with Crippen LogP contribution in [0.3, 0.4) is 0 Å². The Balaban J connectivity index is 2.09. The quantitative estimate of drug-likeness (QED) is 0.800. The third kappa shape index (κ3) is 2.68. The summed E-state index contributed by atoms with van der Waals surface area (Å²) < 4.78 is 27.8. The lowest BCUT2D eigenvalue weighted by Gasteiger charge is -2.13. The fourth-order valence-corrected chi connectivity index (χ4v) is 5.76. The van der Waals surface area contributed by atoms with Crippen molar-refractivity contribution in [2.24, 2.45) is 0 Å². The molecule has 0 N–H and O–H groups in total. The predicted octanol–water partition coefficient (Wildman–Crippen LogP) is 3.32. The van der Waals surface area contributed by atoms with Crippen molar-refractivity contribution in [2.45, 2.75) is 44.7 Å². The number of aryl methyl sites for hydroxylation is 3. The Morgan fingerprint density at radius 3 is 2.04 bits per heavy atom. The largest absolute Gasteiger partial charge is 0.298 e. The fraction of sp³-hybridized carbons (Fsp3) is 0.316. The van der Waals surface area contributed by atoms with Gasteiger partial charge >= 0.3 is 0 Å². The van der Waals surface area contributed by atoms with Crippen LogP contribution in [-0.4, -0.2) is 24.5 Å². The highest BCUT2D eigenvalue weighted by atomic mass is 32.2. The van der Waals surface area contributed by atoms with E-state index in [4.69, 9.17) is 0 Å². The second kappa shape index (κ2) is 5.83. The van der Waals surface area contributed by atoms with Crippen molar-refractivity contribution in [3.8, 4) is 0 Å². The zero-order valence-electron chi connectivity index (χ0n) is 14.3. The molecule has 5 heteroatoms. The summed E-state index contributed by atoms with van der Waals surface area (Å²) in [6, 6.07) is 12.0. The average molecular weight is 343 g/mol. The molecule has 1 aliphatic rings. The van der Waals surface area contributed by atoms with Crippen LogP contribution in [0.25, 0.3) is 0 Å². The Bertz CT molecular complexity index is 880. The van der Waals surface area contributed by atoms with Crippen molar-refractivity contribution in [3.63, 3.8) is 0 Å². The summed E-state index contributed by atoms with van der Waals surface area (Å²) in [4.78, 5) is 12.3. The van der Waals surface area contributed by atoms with Crippen LogP contribution >= 0.6 is 0 Å². The molecule has 1 unspecified atom stereocenters. The number of rotatable bonds is 4. The van der Waals surface area contributed by atoms with Crippen LogP contribution < -0.4 is 0 Å². The van der Waals surface area contributed by atoms with Crippen LogP contribution in [0.4, 0.5) is 0 Å². The van der Waals surface area contributed by atoms with Gasteiger partial charge in [-0.15, -0.1) is 0 Å². The lowest BCUT2D eigenvalue weighted by Crippen LogP contribution is -2.20. The van der Waals surface area contributed by atoms with E-state index in [9.17, 15) is 13.2 Å². The molecule has 2 aromatic rings. The van der Waals surface area contributed by atoms with Crippen molar-refractivity contribution < 1.29 is 13.2 Å². The highest BCUT2D eigenvalue weighted by Crippen LogP contribution is 2.48. The summed E-state index contributed by atoms with van der Waals surface area (Å²) in [6.45, 7) is 7.00. The molecule has 1 aliphatic heterocycles. The monoisotopic (exact) mass is 343 g/mol. The highest BCUT2D eigenvalue weighted by molar-refractivity contribution is 7.89. The van der Waals surface area contributed by atoms with Gasteiger partial charge in [0.25, 0.3) is 0 Å². The third-order valence-corrected chi connectivity index (χ3v) is 6.62. The summed E-state index contributed by atoms with van der Waals surface area (Å²) in [7, 11) is -3.72. The van der Waals surface area contributed by atoms with E-state index in [0.717, 1.165) is 11.1 Å². The van der Waals surface area contributed by atoms with Crippen LogP contribution in [0.1, 0.15) is 35.2 Å². The summed E-state index contributed by atoms with van der Waals surface area (Å²) in [5, 5.41) is 0. The maximum Gasteiger partial charge on any atom is 0.244 e. The van der Waals surface area contributed by atoms with Gasteiger partial charge in [0.1, 0.15) is 11.8 Å². The molecule has 0 aromatic heterocycles. The van der Waals surface area contributed by atoms with E-state index in [1.807, 2.05) is 49.4 Å². The van der Waals surface area contributed by atoms with Gasteiger partial charge in [0.2, 0.25) is 10.0 Å². The van der Waals surface area contributed by atoms with E-state index in [0.29, 0.717) is 16.0 Å². The van der Waals surface area contributed by atoms with Gasteiger partial charge < -0.3 is 0 Å². The summed E-state index contributed by atoms with van der Waals surface area (Å²) in [6.07, 6.45) is 0. The highest BCUT2D eigenvalue weighted by Gasteiger charge is 2.59. The molecule has 0 radical (unpaired) electrons. The number of carbonyl (C=O) groups excluding carboxylic acids is 1. The Morgan fingerprint density at radius 1 is 1.00 bits per heavy atom. The van der Waals surface area contributed by atoms with E-state index >= 15 is 0 Å². The number of carbonyl (C=O) groups is 1. The maximum absolute atomic E-state index is 13.2. The van der Waals surface area contributed by atoms with Crippen molar-refractivity contribution in [2.75, 3.05) is 0 Å². The van der Waals surface area contributed by atoms with Crippen LogP contribution in [0.2, 0.25) is 0 Å². The first-order chi connectivity index (χ1) is 11.2. The van der Waals surface area contributed by atoms with E-state index in [-0.39, 0.29) is 5.78 Å². The second-order valence-electron chi connectivity index (χ2n) is 6.47. The first-order valence-electron chi connectivity index (χ1n) is 7.92. The number of benzene rings is 2. The maximum atomic E-state index is 13.2. The minimum Gasteiger partial charge on any atom is -0.298 e. The fourth-order valence-electron chi connectivity index (χ4n) is 3.57. The van der Waals surface area contributed by atoms with E-state index < -0.39 is 22.1 Å². The van der Waals surface area contributed by atoms with Gasteiger partial charge in [0.15, 0.2) is 0 Å². The zero-order chi connectivity index (χ0) is 17.6. The van der Waals surface area contributed by atoms with Crippen LogP contribution in [0.5, 0.6) is 0 Å². The van der Waals surface area contributed by atoms with Gasteiger partial charge in [-0.05, 0) is 44.4 Å². The van der Waals surface area contributed by atoms with Gasteiger partial charge in [-0.3, -0.25) is 4.79 Å². The first kappa shape index (κ1) is 16.9. The standard InChI is InChI=1S/C19H21NO3S/c1-12-10-13(2)19(14(3)11-12)24(22,23)20-17(15(4)21)18(20)16-8-6-5-7-9-16/h5-11,17-18H,1-4H3/t17-,18-,20?/m1/s1. The molecule has 2 aromatic carbocycles. The number of Topliss-reactive ketones (excluding diaryl/α,β-unsaturated/α-hetero) is 1. The normalized spacial score (nSPS) is 23.1. The Morgan fingerprint density at radius 2 is 1.54 bits per heavy atom. The molecule has 126 valence electrons.